The van der Waals surface area contributed by atoms with Crippen molar-refractivity contribution in [3.8, 4) is 0 Å². The molecule has 5 heteroatoms. The van der Waals surface area contributed by atoms with Crippen LogP contribution in [0.1, 0.15) is 43.8 Å². The van der Waals surface area contributed by atoms with Crippen molar-refractivity contribution in [1.82, 2.24) is 15.2 Å². The zero-order chi connectivity index (χ0) is 11.5. The van der Waals surface area contributed by atoms with E-state index in [1.807, 2.05) is 11.7 Å². The number of nitrogens with two attached hydrogens (primary N) is 1. The van der Waals surface area contributed by atoms with Gasteiger partial charge in [-0.15, -0.1) is 0 Å². The van der Waals surface area contributed by atoms with Crippen LogP contribution in [-0.2, 0) is 7.05 Å². The van der Waals surface area contributed by atoms with Gasteiger partial charge in [-0.3, -0.25) is 16.0 Å². The first-order chi connectivity index (χ1) is 7.74. The van der Waals surface area contributed by atoms with Crippen molar-refractivity contribution >= 4 is 11.6 Å². The van der Waals surface area contributed by atoms with Gasteiger partial charge in [-0.1, -0.05) is 30.9 Å². The molecule has 16 heavy (non-hydrogen) atoms. The fourth-order valence-corrected chi connectivity index (χ4v) is 2.96. The average Bonchev–Trinajstić information content (AvgIpc) is 2.63. The lowest BCUT2D eigenvalue weighted by Gasteiger charge is -2.30. The van der Waals surface area contributed by atoms with Crippen LogP contribution in [0.3, 0.4) is 0 Å². The van der Waals surface area contributed by atoms with Gasteiger partial charge in [-0.2, -0.15) is 5.10 Å². The zero-order valence-electron chi connectivity index (χ0n) is 9.62. The molecular weight excluding hydrogens is 224 g/mol. The van der Waals surface area contributed by atoms with Gasteiger partial charge < -0.3 is 0 Å². The quantitative estimate of drug-likeness (QED) is 0.631. The van der Waals surface area contributed by atoms with E-state index in [1.165, 1.54) is 32.1 Å². The summed E-state index contributed by atoms with van der Waals surface area (Å²) < 4.78 is 1.82. The van der Waals surface area contributed by atoms with Gasteiger partial charge in [0.25, 0.3) is 0 Å². The van der Waals surface area contributed by atoms with Gasteiger partial charge in [0, 0.05) is 7.05 Å². The Kier molecular flexibility index (Phi) is 3.84. The number of rotatable bonds is 3. The van der Waals surface area contributed by atoms with Crippen LogP contribution in [0.25, 0.3) is 0 Å². The maximum absolute atomic E-state index is 6.16. The molecule has 1 atom stereocenters. The first-order valence-corrected chi connectivity index (χ1v) is 6.25. The number of aromatic nitrogens is 2. The van der Waals surface area contributed by atoms with E-state index < -0.39 is 0 Å². The molecule has 0 bridgehead atoms. The minimum Gasteiger partial charge on any atom is -0.271 e. The van der Waals surface area contributed by atoms with Gasteiger partial charge in [-0.05, 0) is 18.8 Å². The lowest BCUT2D eigenvalue weighted by atomic mass is 9.83. The molecular formula is C11H19ClN4. The molecule has 1 aliphatic carbocycles. The van der Waals surface area contributed by atoms with Crippen LogP contribution in [0, 0.1) is 5.92 Å². The van der Waals surface area contributed by atoms with Crippen molar-refractivity contribution in [3.63, 3.8) is 0 Å². The molecule has 0 radical (unpaired) electrons. The number of nitrogens with zero attached hydrogens (tertiary/aromatic N) is 2. The Hall–Kier alpha value is -0.580. The summed E-state index contributed by atoms with van der Waals surface area (Å²) in [4.78, 5) is 0. The van der Waals surface area contributed by atoms with Gasteiger partial charge >= 0.3 is 0 Å². The third-order valence-corrected chi connectivity index (χ3v) is 3.82. The van der Waals surface area contributed by atoms with Crippen LogP contribution in [0.2, 0.25) is 5.02 Å². The lowest BCUT2D eigenvalue weighted by molar-refractivity contribution is 0.265. The van der Waals surface area contributed by atoms with Gasteiger partial charge in [0.2, 0.25) is 0 Å². The minimum atomic E-state index is 0.125. The van der Waals surface area contributed by atoms with Crippen molar-refractivity contribution in [3.05, 3.63) is 16.9 Å². The second-order valence-corrected chi connectivity index (χ2v) is 4.95. The number of nitrogens with one attached hydrogen (secondary N) is 1. The first kappa shape index (κ1) is 11.9. The molecule has 3 N–H and O–H groups in total. The number of aryl methyl sites for hydroxylation is 1. The smallest absolute Gasteiger partial charge is 0.0834 e. The minimum absolute atomic E-state index is 0.125. The van der Waals surface area contributed by atoms with E-state index in [0.29, 0.717) is 10.9 Å². The van der Waals surface area contributed by atoms with Crippen LogP contribution in [0.15, 0.2) is 6.20 Å². The highest BCUT2D eigenvalue weighted by molar-refractivity contribution is 6.31. The molecule has 1 fully saturated rings. The maximum Gasteiger partial charge on any atom is 0.0834 e. The van der Waals surface area contributed by atoms with Gasteiger partial charge in [0.1, 0.15) is 0 Å². The molecule has 1 saturated carbocycles. The van der Waals surface area contributed by atoms with E-state index in [1.54, 1.807) is 6.20 Å². The van der Waals surface area contributed by atoms with Crippen LogP contribution < -0.4 is 11.3 Å². The summed E-state index contributed by atoms with van der Waals surface area (Å²) in [5.41, 5.74) is 3.92. The Balaban J connectivity index is 2.21. The predicted molar refractivity (Wildman–Crippen MR) is 64.9 cm³/mol. The summed E-state index contributed by atoms with van der Waals surface area (Å²) in [5, 5.41) is 4.87. The summed E-state index contributed by atoms with van der Waals surface area (Å²) in [6, 6.07) is 0.125. The highest BCUT2D eigenvalue weighted by atomic mass is 35.5. The lowest BCUT2D eigenvalue weighted by Crippen LogP contribution is -2.36. The van der Waals surface area contributed by atoms with E-state index in [0.717, 1.165) is 5.69 Å². The third kappa shape index (κ3) is 2.24. The largest absolute Gasteiger partial charge is 0.271 e. The molecule has 0 aromatic carbocycles. The monoisotopic (exact) mass is 242 g/mol. The van der Waals surface area contributed by atoms with Crippen molar-refractivity contribution in [2.24, 2.45) is 18.8 Å². The standard InChI is InChI=1S/C11H19ClN4/c1-16-11(9(12)7-14-16)10(15-13)8-5-3-2-4-6-8/h7-8,10,15H,2-6,13H2,1H3. The van der Waals surface area contributed by atoms with Crippen molar-refractivity contribution in [2.75, 3.05) is 0 Å². The van der Waals surface area contributed by atoms with Gasteiger partial charge in [0.15, 0.2) is 0 Å². The highest BCUT2D eigenvalue weighted by Crippen LogP contribution is 2.36. The Labute approximate surface area is 101 Å². The maximum atomic E-state index is 6.16. The highest BCUT2D eigenvalue weighted by Gasteiger charge is 2.28. The molecule has 0 spiro atoms. The first-order valence-electron chi connectivity index (χ1n) is 5.87. The van der Waals surface area contributed by atoms with Crippen molar-refractivity contribution in [1.29, 1.82) is 0 Å². The third-order valence-electron chi connectivity index (χ3n) is 3.53. The second-order valence-electron chi connectivity index (χ2n) is 4.54. The number of hydrogen-bond donors (Lipinski definition) is 2. The van der Waals surface area contributed by atoms with E-state index in [4.69, 9.17) is 17.4 Å². The van der Waals surface area contributed by atoms with E-state index in [2.05, 4.69) is 10.5 Å². The average molecular weight is 243 g/mol. The Morgan fingerprint density at radius 3 is 2.69 bits per heavy atom. The van der Waals surface area contributed by atoms with Gasteiger partial charge in [-0.25, -0.2) is 0 Å². The number of hydrazine groups is 1. The Morgan fingerprint density at radius 1 is 1.50 bits per heavy atom. The van der Waals surface area contributed by atoms with Crippen LogP contribution in [0.5, 0.6) is 0 Å². The van der Waals surface area contributed by atoms with E-state index in [9.17, 15) is 0 Å². The predicted octanol–water partition coefficient (Wildman–Crippen LogP) is 2.16. The molecule has 1 heterocycles. The molecule has 4 nitrogen and oxygen atoms in total. The van der Waals surface area contributed by atoms with E-state index in [-0.39, 0.29) is 6.04 Å². The Morgan fingerprint density at radius 2 is 2.19 bits per heavy atom. The molecule has 0 amide bonds. The summed E-state index contributed by atoms with van der Waals surface area (Å²) in [6.07, 6.45) is 8.04. The topological polar surface area (TPSA) is 55.9 Å². The molecule has 0 saturated heterocycles. The molecule has 1 unspecified atom stereocenters. The fraction of sp³-hybridized carbons (Fsp3) is 0.727. The molecule has 90 valence electrons. The normalized spacial score (nSPS) is 19.9. The summed E-state index contributed by atoms with van der Waals surface area (Å²) in [6.45, 7) is 0. The number of hydrogen-bond acceptors (Lipinski definition) is 3. The van der Waals surface area contributed by atoms with Crippen LogP contribution >= 0.6 is 11.6 Å². The molecule has 1 aromatic heterocycles. The molecule has 1 aliphatic rings. The van der Waals surface area contributed by atoms with Crippen LogP contribution in [-0.4, -0.2) is 9.78 Å². The van der Waals surface area contributed by atoms with Crippen molar-refractivity contribution in [2.45, 2.75) is 38.1 Å². The SMILES string of the molecule is Cn1ncc(Cl)c1C(NN)C1CCCCC1. The van der Waals surface area contributed by atoms with Crippen molar-refractivity contribution < 1.29 is 0 Å². The van der Waals surface area contributed by atoms with Gasteiger partial charge in [0.05, 0.1) is 23.0 Å². The summed E-state index contributed by atoms with van der Waals surface area (Å²) >= 11 is 6.16. The second kappa shape index (κ2) is 5.17. The number of halogens is 1. The Bertz CT molecular complexity index is 324. The van der Waals surface area contributed by atoms with Crippen LogP contribution in [0.4, 0.5) is 0 Å². The van der Waals surface area contributed by atoms with E-state index >= 15 is 0 Å². The molecule has 2 rings (SSSR count). The zero-order valence-corrected chi connectivity index (χ0v) is 10.4. The fourth-order valence-electron chi connectivity index (χ4n) is 2.68. The molecule has 0 aliphatic heterocycles. The molecule has 1 aromatic rings. The summed E-state index contributed by atoms with van der Waals surface area (Å²) in [5.74, 6) is 6.26. The summed E-state index contributed by atoms with van der Waals surface area (Å²) in [7, 11) is 1.91.